The van der Waals surface area contributed by atoms with Crippen LogP contribution in [-0.4, -0.2) is 83.5 Å². The molecule has 0 unspecified atom stereocenters. The summed E-state index contributed by atoms with van der Waals surface area (Å²) in [6, 6.07) is 10.9. The second kappa shape index (κ2) is 11.2. The van der Waals surface area contributed by atoms with E-state index in [1.165, 1.54) is 0 Å². The van der Waals surface area contributed by atoms with E-state index in [9.17, 15) is 19.5 Å². The Balaban J connectivity index is 1.53. The van der Waals surface area contributed by atoms with Gasteiger partial charge in [-0.25, -0.2) is 9.78 Å². The maximum absolute atomic E-state index is 12.7. The molecule has 2 aromatic rings. The Labute approximate surface area is 207 Å². The van der Waals surface area contributed by atoms with Gasteiger partial charge >= 0.3 is 6.03 Å². The average molecular weight is 498 g/mol. The van der Waals surface area contributed by atoms with Gasteiger partial charge in [-0.1, -0.05) is 18.2 Å². The number of para-hydroxylation sites is 1. The topological polar surface area (TPSA) is 131 Å². The van der Waals surface area contributed by atoms with Gasteiger partial charge in [0.2, 0.25) is 5.95 Å². The Hall–Kier alpha value is -3.64. The van der Waals surface area contributed by atoms with E-state index in [1.54, 1.807) is 29.0 Å². The van der Waals surface area contributed by atoms with E-state index in [-0.39, 0.29) is 17.5 Å². The number of aliphatic hydroxyl groups excluding tert-OH is 1. The first-order valence-corrected chi connectivity index (χ1v) is 12.1. The number of aromatic nitrogens is 2. The third-order valence-electron chi connectivity index (χ3n) is 5.56. The lowest BCUT2D eigenvalue weighted by atomic mass is 10.3. The first-order valence-electron chi connectivity index (χ1n) is 11.2. The van der Waals surface area contributed by atoms with Crippen molar-refractivity contribution in [3.8, 4) is 0 Å². The summed E-state index contributed by atoms with van der Waals surface area (Å²) in [5.74, 6) is 0.577. The predicted octanol–water partition coefficient (Wildman–Crippen LogP) is 1.97. The second-order valence-electron chi connectivity index (χ2n) is 8.07. The molecule has 3 heterocycles. The fourth-order valence-electron chi connectivity index (χ4n) is 3.72. The van der Waals surface area contributed by atoms with Crippen LogP contribution in [0.15, 0.2) is 41.3 Å². The van der Waals surface area contributed by atoms with Crippen molar-refractivity contribution in [3.63, 3.8) is 0 Å². The molecule has 35 heavy (non-hydrogen) atoms. The van der Waals surface area contributed by atoms with Gasteiger partial charge in [0.1, 0.15) is 5.82 Å². The normalized spacial score (nSPS) is 17.4. The third-order valence-corrected chi connectivity index (χ3v) is 6.37. The van der Waals surface area contributed by atoms with Gasteiger partial charge in [0.25, 0.3) is 11.1 Å². The molecule has 1 aromatic carbocycles. The molecule has 184 valence electrons. The van der Waals surface area contributed by atoms with Gasteiger partial charge in [0.15, 0.2) is 0 Å². The molecule has 0 atom stereocenters. The minimum absolute atomic E-state index is 0.0474. The van der Waals surface area contributed by atoms with Gasteiger partial charge in [-0.3, -0.25) is 14.9 Å². The molecule has 12 heteroatoms. The fraction of sp³-hybridized carbons (Fsp3) is 0.348. The molecule has 4 amide bonds. The Morgan fingerprint density at radius 2 is 2.00 bits per heavy atom. The van der Waals surface area contributed by atoms with E-state index in [1.807, 2.05) is 35.2 Å². The highest BCUT2D eigenvalue weighted by atomic mass is 32.2. The van der Waals surface area contributed by atoms with Crippen LogP contribution in [0.3, 0.4) is 0 Å². The Kier molecular flexibility index (Phi) is 7.83. The number of rotatable bonds is 6. The Bertz CT molecular complexity index is 1130. The number of carbonyl (C=O) groups excluding carboxylic acids is 3. The van der Waals surface area contributed by atoms with E-state index in [0.717, 1.165) is 23.9 Å². The number of benzene rings is 1. The van der Waals surface area contributed by atoms with Crippen molar-refractivity contribution in [2.24, 2.45) is 0 Å². The standard InChI is InChI=1S/C23H27N7O4S/c1-28(12-13-31)19-15-17(14-18-20(32)27-23(34)35-18)24-21(26-19)29-8-5-9-30(11-10-29)22(33)25-16-6-3-2-4-7-16/h2-4,6-7,14-15,31H,5,8-13H2,1H3,(H,25,33)(H,27,32,34). The lowest BCUT2D eigenvalue weighted by Gasteiger charge is -2.24. The number of nitrogens with zero attached hydrogens (tertiary/aromatic N) is 5. The van der Waals surface area contributed by atoms with Crippen molar-refractivity contribution in [3.05, 3.63) is 47.0 Å². The van der Waals surface area contributed by atoms with Crippen LogP contribution in [0.2, 0.25) is 0 Å². The lowest BCUT2D eigenvalue weighted by molar-refractivity contribution is -0.115. The molecule has 0 spiro atoms. The summed E-state index contributed by atoms with van der Waals surface area (Å²) >= 11 is 0.825. The van der Waals surface area contributed by atoms with Crippen LogP contribution in [0.5, 0.6) is 0 Å². The predicted molar refractivity (Wildman–Crippen MR) is 135 cm³/mol. The maximum atomic E-state index is 12.7. The van der Waals surface area contributed by atoms with E-state index in [4.69, 9.17) is 0 Å². The number of nitrogens with one attached hydrogen (secondary N) is 2. The summed E-state index contributed by atoms with van der Waals surface area (Å²) in [7, 11) is 1.80. The van der Waals surface area contributed by atoms with Crippen molar-refractivity contribution in [1.82, 2.24) is 20.2 Å². The number of likely N-dealkylation sites (N-methyl/N-ethyl adjacent to an activating group) is 1. The minimum atomic E-state index is -0.458. The number of urea groups is 1. The maximum Gasteiger partial charge on any atom is 0.321 e. The van der Waals surface area contributed by atoms with Crippen molar-refractivity contribution in [2.75, 3.05) is 61.5 Å². The van der Waals surface area contributed by atoms with Gasteiger partial charge in [-0.15, -0.1) is 0 Å². The molecule has 0 bridgehead atoms. The summed E-state index contributed by atoms with van der Waals surface area (Å²) in [6.45, 7) is 2.57. The van der Waals surface area contributed by atoms with Crippen LogP contribution in [0.1, 0.15) is 12.1 Å². The van der Waals surface area contributed by atoms with Crippen LogP contribution >= 0.6 is 11.8 Å². The zero-order valence-corrected chi connectivity index (χ0v) is 20.1. The Morgan fingerprint density at radius 1 is 1.20 bits per heavy atom. The number of amides is 4. The van der Waals surface area contributed by atoms with E-state index < -0.39 is 11.1 Å². The lowest BCUT2D eigenvalue weighted by Crippen LogP contribution is -2.38. The summed E-state index contributed by atoms with van der Waals surface area (Å²) in [6.07, 6.45) is 2.29. The monoisotopic (exact) mass is 497 g/mol. The van der Waals surface area contributed by atoms with Gasteiger partial charge in [0, 0.05) is 51.5 Å². The van der Waals surface area contributed by atoms with Crippen LogP contribution in [0.4, 0.5) is 27.0 Å². The highest BCUT2D eigenvalue weighted by Crippen LogP contribution is 2.27. The van der Waals surface area contributed by atoms with Crippen molar-refractivity contribution in [2.45, 2.75) is 6.42 Å². The molecule has 1 aromatic heterocycles. The van der Waals surface area contributed by atoms with Crippen LogP contribution in [0.25, 0.3) is 6.08 Å². The number of hydrogen-bond donors (Lipinski definition) is 3. The summed E-state index contributed by atoms with van der Waals surface area (Å²) < 4.78 is 0. The van der Waals surface area contributed by atoms with Gasteiger partial charge in [-0.2, -0.15) is 4.98 Å². The molecular formula is C23H27N7O4S. The number of anilines is 3. The average Bonchev–Trinajstić information content (AvgIpc) is 3.02. The molecule has 2 aliphatic rings. The van der Waals surface area contributed by atoms with E-state index in [0.29, 0.717) is 50.2 Å². The van der Waals surface area contributed by atoms with Gasteiger partial charge < -0.3 is 25.1 Å². The molecule has 0 aliphatic carbocycles. The molecule has 0 radical (unpaired) electrons. The smallest absolute Gasteiger partial charge is 0.321 e. The van der Waals surface area contributed by atoms with Crippen LogP contribution in [0, 0.1) is 0 Å². The molecule has 2 aliphatic heterocycles. The number of carbonyl (C=O) groups is 3. The highest BCUT2D eigenvalue weighted by Gasteiger charge is 2.26. The number of aliphatic hydroxyl groups is 1. The molecule has 2 saturated heterocycles. The van der Waals surface area contributed by atoms with Crippen LogP contribution in [-0.2, 0) is 4.79 Å². The molecular weight excluding hydrogens is 470 g/mol. The van der Waals surface area contributed by atoms with Gasteiger partial charge in [-0.05, 0) is 36.4 Å². The molecule has 2 fully saturated rings. The van der Waals surface area contributed by atoms with Crippen molar-refractivity contribution in [1.29, 1.82) is 0 Å². The van der Waals surface area contributed by atoms with Crippen LogP contribution < -0.4 is 20.4 Å². The van der Waals surface area contributed by atoms with Crippen molar-refractivity contribution < 1.29 is 19.5 Å². The minimum Gasteiger partial charge on any atom is -0.395 e. The Morgan fingerprint density at radius 3 is 2.71 bits per heavy atom. The molecule has 0 saturated carbocycles. The highest BCUT2D eigenvalue weighted by molar-refractivity contribution is 8.18. The quantitative estimate of drug-likeness (QED) is 0.513. The number of thioether (sulfide) groups is 1. The summed E-state index contributed by atoms with van der Waals surface area (Å²) in [5.41, 5.74) is 1.22. The summed E-state index contributed by atoms with van der Waals surface area (Å²) in [4.78, 5) is 51.4. The van der Waals surface area contributed by atoms with E-state index >= 15 is 0 Å². The third kappa shape index (κ3) is 6.28. The zero-order valence-electron chi connectivity index (χ0n) is 19.3. The first kappa shape index (κ1) is 24.5. The molecule has 11 nitrogen and oxygen atoms in total. The molecule has 3 N–H and O–H groups in total. The molecule has 4 rings (SSSR count). The largest absolute Gasteiger partial charge is 0.395 e. The SMILES string of the molecule is CN(CCO)c1cc(C=C2SC(=O)NC2=O)nc(N2CCCN(C(=O)Nc3ccccc3)CC2)n1. The second-order valence-corrected chi connectivity index (χ2v) is 9.09. The fourth-order valence-corrected chi connectivity index (χ4v) is 4.38. The van der Waals surface area contributed by atoms with Gasteiger partial charge in [0.05, 0.1) is 17.2 Å². The summed E-state index contributed by atoms with van der Waals surface area (Å²) in [5, 5.41) is 14.1. The van der Waals surface area contributed by atoms with Crippen molar-refractivity contribution >= 4 is 52.5 Å². The number of hydrogen-bond acceptors (Lipinski definition) is 9. The number of imide groups is 1. The van der Waals surface area contributed by atoms with E-state index in [2.05, 4.69) is 20.6 Å². The zero-order chi connectivity index (χ0) is 24.8. The first-order chi connectivity index (χ1) is 16.9.